The van der Waals surface area contributed by atoms with Crippen LogP contribution in [0.3, 0.4) is 0 Å². The zero-order chi connectivity index (χ0) is 15.6. The summed E-state index contributed by atoms with van der Waals surface area (Å²) in [5, 5.41) is 2.94. The summed E-state index contributed by atoms with van der Waals surface area (Å²) >= 11 is 0. The molecule has 0 saturated carbocycles. The summed E-state index contributed by atoms with van der Waals surface area (Å²) in [4.78, 5) is 16.6. The topological polar surface area (TPSA) is 35.6 Å². The third-order valence-corrected chi connectivity index (χ3v) is 4.72. The normalized spacial score (nSPS) is 17.9. The number of nitrogens with zero attached hydrogens (tertiary/aromatic N) is 2. The fourth-order valence-electron chi connectivity index (χ4n) is 3.52. The fourth-order valence-corrected chi connectivity index (χ4v) is 3.52. The number of rotatable bonds is 3. The zero-order valence-corrected chi connectivity index (χ0v) is 13.2. The minimum Gasteiger partial charge on any atom is -0.369 e. The van der Waals surface area contributed by atoms with Crippen molar-refractivity contribution in [2.24, 2.45) is 0 Å². The van der Waals surface area contributed by atoms with Gasteiger partial charge in [0, 0.05) is 49.7 Å². The molecule has 1 saturated heterocycles. The summed E-state index contributed by atoms with van der Waals surface area (Å²) in [5.74, 6) is 0.107. The Bertz CT molecular complexity index is 706. The first-order chi connectivity index (χ1) is 11.3. The van der Waals surface area contributed by atoms with Crippen molar-refractivity contribution < 1.29 is 4.79 Å². The van der Waals surface area contributed by atoms with Gasteiger partial charge in [0.05, 0.1) is 6.42 Å². The number of amides is 1. The lowest BCUT2D eigenvalue weighted by Crippen LogP contribution is -2.46. The van der Waals surface area contributed by atoms with E-state index >= 15 is 0 Å². The lowest BCUT2D eigenvalue weighted by atomic mass is 10.1. The molecule has 4 rings (SSSR count). The molecule has 2 aromatic rings. The molecule has 0 unspecified atom stereocenters. The summed E-state index contributed by atoms with van der Waals surface area (Å²) in [7, 11) is 0. The van der Waals surface area contributed by atoms with Crippen LogP contribution in [0.4, 0.5) is 11.4 Å². The molecule has 0 radical (unpaired) electrons. The van der Waals surface area contributed by atoms with Crippen LogP contribution in [0.2, 0.25) is 0 Å². The number of anilines is 2. The van der Waals surface area contributed by atoms with Crippen LogP contribution in [0.5, 0.6) is 0 Å². The maximum atomic E-state index is 11.7. The molecule has 0 atom stereocenters. The summed E-state index contributed by atoms with van der Waals surface area (Å²) in [6, 6.07) is 16.8. The van der Waals surface area contributed by atoms with E-state index in [0.29, 0.717) is 6.42 Å². The molecule has 2 heterocycles. The second-order valence-electron chi connectivity index (χ2n) is 6.28. The van der Waals surface area contributed by atoms with Crippen LogP contribution in [0.1, 0.15) is 11.1 Å². The molecule has 4 heteroatoms. The SMILES string of the molecule is O=C1Cc2c(cccc2N2CCN(Cc3ccccc3)CC2)N1. The molecule has 0 spiro atoms. The van der Waals surface area contributed by atoms with Gasteiger partial charge in [0.2, 0.25) is 5.91 Å². The minimum atomic E-state index is 0.107. The first-order valence-corrected chi connectivity index (χ1v) is 8.22. The second-order valence-corrected chi connectivity index (χ2v) is 6.28. The number of carbonyl (C=O) groups is 1. The van der Waals surface area contributed by atoms with Gasteiger partial charge in [-0.15, -0.1) is 0 Å². The van der Waals surface area contributed by atoms with E-state index in [1.807, 2.05) is 12.1 Å². The van der Waals surface area contributed by atoms with Gasteiger partial charge < -0.3 is 10.2 Å². The van der Waals surface area contributed by atoms with E-state index in [9.17, 15) is 4.79 Å². The van der Waals surface area contributed by atoms with Crippen molar-refractivity contribution >= 4 is 17.3 Å². The lowest BCUT2D eigenvalue weighted by Gasteiger charge is -2.37. The van der Waals surface area contributed by atoms with Crippen LogP contribution in [-0.2, 0) is 17.8 Å². The highest BCUT2D eigenvalue weighted by atomic mass is 16.1. The third kappa shape index (κ3) is 2.94. The first-order valence-electron chi connectivity index (χ1n) is 8.22. The molecule has 1 N–H and O–H groups in total. The molecule has 1 amide bonds. The van der Waals surface area contributed by atoms with Crippen molar-refractivity contribution in [1.82, 2.24) is 4.90 Å². The molecular formula is C19H21N3O. The molecule has 2 aliphatic rings. The Hall–Kier alpha value is -2.33. The Morgan fingerprint density at radius 1 is 0.913 bits per heavy atom. The molecule has 118 valence electrons. The Labute approximate surface area is 136 Å². The number of hydrogen-bond donors (Lipinski definition) is 1. The Kier molecular flexibility index (Phi) is 3.75. The smallest absolute Gasteiger partial charge is 0.228 e. The predicted molar refractivity (Wildman–Crippen MR) is 92.7 cm³/mol. The summed E-state index contributed by atoms with van der Waals surface area (Å²) in [5.41, 5.74) is 4.74. The van der Waals surface area contributed by atoms with Crippen LogP contribution in [-0.4, -0.2) is 37.0 Å². The van der Waals surface area contributed by atoms with Gasteiger partial charge >= 0.3 is 0 Å². The fraction of sp³-hybridized carbons (Fsp3) is 0.316. The predicted octanol–water partition coefficient (Wildman–Crippen LogP) is 2.50. The van der Waals surface area contributed by atoms with Crippen molar-refractivity contribution in [1.29, 1.82) is 0 Å². The van der Waals surface area contributed by atoms with Crippen LogP contribution < -0.4 is 10.2 Å². The van der Waals surface area contributed by atoms with E-state index in [4.69, 9.17) is 0 Å². The molecule has 0 bridgehead atoms. The zero-order valence-electron chi connectivity index (χ0n) is 13.2. The van der Waals surface area contributed by atoms with E-state index < -0.39 is 0 Å². The highest BCUT2D eigenvalue weighted by Gasteiger charge is 2.25. The lowest BCUT2D eigenvalue weighted by molar-refractivity contribution is -0.115. The van der Waals surface area contributed by atoms with E-state index in [0.717, 1.165) is 44.0 Å². The average Bonchev–Trinajstić information content (AvgIpc) is 2.97. The number of nitrogens with one attached hydrogen (secondary N) is 1. The molecule has 0 aliphatic carbocycles. The van der Waals surface area contributed by atoms with E-state index in [2.05, 4.69) is 51.5 Å². The van der Waals surface area contributed by atoms with Crippen molar-refractivity contribution in [3.63, 3.8) is 0 Å². The van der Waals surface area contributed by atoms with Crippen LogP contribution in [0, 0.1) is 0 Å². The third-order valence-electron chi connectivity index (χ3n) is 4.72. The largest absolute Gasteiger partial charge is 0.369 e. The number of piperazine rings is 1. The molecule has 23 heavy (non-hydrogen) atoms. The molecule has 2 aromatic carbocycles. The van der Waals surface area contributed by atoms with E-state index in [-0.39, 0.29) is 5.91 Å². The molecular weight excluding hydrogens is 286 g/mol. The maximum absolute atomic E-state index is 11.7. The van der Waals surface area contributed by atoms with Crippen LogP contribution in [0.15, 0.2) is 48.5 Å². The first kappa shape index (κ1) is 14.3. The van der Waals surface area contributed by atoms with Crippen molar-refractivity contribution in [2.45, 2.75) is 13.0 Å². The Balaban J connectivity index is 1.43. The number of fused-ring (bicyclic) bond motifs is 1. The Morgan fingerprint density at radius 2 is 1.70 bits per heavy atom. The second kappa shape index (κ2) is 6.05. The van der Waals surface area contributed by atoms with Gasteiger partial charge in [0.1, 0.15) is 0 Å². The van der Waals surface area contributed by atoms with E-state index in [1.54, 1.807) is 0 Å². The van der Waals surface area contributed by atoms with Crippen molar-refractivity contribution in [2.75, 3.05) is 36.4 Å². The number of carbonyl (C=O) groups excluding carboxylic acids is 1. The van der Waals surface area contributed by atoms with Crippen molar-refractivity contribution in [3.05, 3.63) is 59.7 Å². The maximum Gasteiger partial charge on any atom is 0.228 e. The summed E-state index contributed by atoms with van der Waals surface area (Å²) < 4.78 is 0. The van der Waals surface area contributed by atoms with Crippen LogP contribution in [0.25, 0.3) is 0 Å². The highest BCUT2D eigenvalue weighted by Crippen LogP contribution is 2.32. The number of hydrogen-bond acceptors (Lipinski definition) is 3. The van der Waals surface area contributed by atoms with Gasteiger partial charge in [-0.2, -0.15) is 0 Å². The Morgan fingerprint density at radius 3 is 2.48 bits per heavy atom. The van der Waals surface area contributed by atoms with Gasteiger partial charge in [-0.05, 0) is 17.7 Å². The van der Waals surface area contributed by atoms with Gasteiger partial charge in [0.15, 0.2) is 0 Å². The van der Waals surface area contributed by atoms with Crippen molar-refractivity contribution in [3.8, 4) is 0 Å². The van der Waals surface area contributed by atoms with Gasteiger partial charge in [0.25, 0.3) is 0 Å². The molecule has 0 aromatic heterocycles. The van der Waals surface area contributed by atoms with E-state index in [1.165, 1.54) is 11.3 Å². The van der Waals surface area contributed by atoms with Gasteiger partial charge in [-0.1, -0.05) is 36.4 Å². The standard InChI is InChI=1S/C19H21N3O/c23-19-13-16-17(20-19)7-4-8-18(16)22-11-9-21(10-12-22)14-15-5-2-1-3-6-15/h1-8H,9-14H2,(H,20,23). The minimum absolute atomic E-state index is 0.107. The van der Waals surface area contributed by atoms with Crippen LogP contribution >= 0.6 is 0 Å². The highest BCUT2D eigenvalue weighted by molar-refractivity contribution is 6.01. The summed E-state index contributed by atoms with van der Waals surface area (Å²) in [6.07, 6.45) is 0.510. The number of benzene rings is 2. The summed E-state index contributed by atoms with van der Waals surface area (Å²) in [6.45, 7) is 5.15. The molecule has 4 nitrogen and oxygen atoms in total. The van der Waals surface area contributed by atoms with Gasteiger partial charge in [-0.25, -0.2) is 0 Å². The quantitative estimate of drug-likeness (QED) is 0.946. The molecule has 2 aliphatic heterocycles. The monoisotopic (exact) mass is 307 g/mol. The molecule has 1 fully saturated rings. The van der Waals surface area contributed by atoms with Gasteiger partial charge in [-0.3, -0.25) is 9.69 Å². The average molecular weight is 307 g/mol.